The van der Waals surface area contributed by atoms with Crippen LogP contribution < -0.4 is 10.1 Å². The van der Waals surface area contributed by atoms with Crippen LogP contribution in [0.5, 0.6) is 5.75 Å². The fourth-order valence-corrected chi connectivity index (χ4v) is 3.25. The zero-order valence-corrected chi connectivity index (χ0v) is 15.7. The topological polar surface area (TPSA) is 69.0 Å². The predicted molar refractivity (Wildman–Crippen MR) is 108 cm³/mol. The van der Waals surface area contributed by atoms with E-state index in [1.165, 1.54) is 0 Å². The molecule has 2 heterocycles. The Hall–Kier alpha value is -3.67. The molecular formula is C22H20N4O2. The van der Waals surface area contributed by atoms with Crippen LogP contribution in [0, 0.1) is 6.92 Å². The number of carbonyl (C=O) groups excluding carboxylic acids is 1. The summed E-state index contributed by atoms with van der Waals surface area (Å²) >= 11 is 0. The molecule has 0 aliphatic carbocycles. The van der Waals surface area contributed by atoms with Crippen molar-refractivity contribution < 1.29 is 9.53 Å². The van der Waals surface area contributed by atoms with Crippen molar-refractivity contribution in [2.75, 3.05) is 7.11 Å². The van der Waals surface area contributed by atoms with Crippen LogP contribution in [0.3, 0.4) is 0 Å². The highest BCUT2D eigenvalue weighted by molar-refractivity contribution is 5.94. The Morgan fingerprint density at radius 1 is 1.11 bits per heavy atom. The van der Waals surface area contributed by atoms with Gasteiger partial charge in [-0.05, 0) is 43.3 Å². The number of imidazole rings is 1. The van der Waals surface area contributed by atoms with Crippen molar-refractivity contribution in [3.8, 4) is 11.4 Å². The lowest BCUT2D eigenvalue weighted by atomic mass is 10.1. The number of aryl methyl sites for hydroxylation is 1. The largest absolute Gasteiger partial charge is 0.496 e. The molecule has 0 fully saturated rings. The second kappa shape index (κ2) is 7.52. The number of pyridine rings is 1. The van der Waals surface area contributed by atoms with Crippen LogP contribution >= 0.6 is 0 Å². The highest BCUT2D eigenvalue weighted by Gasteiger charge is 2.13. The predicted octanol–water partition coefficient (Wildman–Crippen LogP) is 3.67. The Balaban J connectivity index is 1.60. The molecule has 0 saturated carbocycles. The minimum atomic E-state index is -0.150. The molecule has 0 unspecified atom stereocenters. The first-order valence-electron chi connectivity index (χ1n) is 8.98. The summed E-state index contributed by atoms with van der Waals surface area (Å²) in [6.45, 7) is 2.32. The Labute approximate surface area is 162 Å². The van der Waals surface area contributed by atoms with E-state index in [-0.39, 0.29) is 5.91 Å². The van der Waals surface area contributed by atoms with E-state index in [9.17, 15) is 4.79 Å². The van der Waals surface area contributed by atoms with Gasteiger partial charge >= 0.3 is 0 Å². The monoisotopic (exact) mass is 372 g/mol. The molecule has 6 heteroatoms. The molecule has 0 aliphatic heterocycles. The molecule has 0 spiro atoms. The molecule has 0 saturated heterocycles. The minimum absolute atomic E-state index is 0.150. The molecule has 28 heavy (non-hydrogen) atoms. The molecule has 0 radical (unpaired) electrons. The van der Waals surface area contributed by atoms with Gasteiger partial charge in [0.2, 0.25) is 0 Å². The molecule has 0 atom stereocenters. The van der Waals surface area contributed by atoms with Crippen molar-refractivity contribution in [2.45, 2.75) is 13.5 Å². The van der Waals surface area contributed by atoms with Crippen molar-refractivity contribution >= 4 is 17.1 Å². The number of carbonyl (C=O) groups is 1. The Morgan fingerprint density at radius 2 is 1.96 bits per heavy atom. The van der Waals surface area contributed by atoms with Gasteiger partial charge in [0, 0.05) is 29.6 Å². The summed E-state index contributed by atoms with van der Waals surface area (Å²) in [7, 11) is 1.62. The summed E-state index contributed by atoms with van der Waals surface area (Å²) in [5.41, 5.74) is 3.95. The quantitative estimate of drug-likeness (QED) is 0.580. The number of hydrogen-bond donors (Lipinski definition) is 1. The molecule has 0 bridgehead atoms. The van der Waals surface area contributed by atoms with Gasteiger partial charge in [0.15, 0.2) is 5.65 Å². The highest BCUT2D eigenvalue weighted by Crippen LogP contribution is 2.21. The standard InChI is InChI=1S/C22H20N4O2/c1-15-25-19-10-6-12-23-21(19)26(15)18-9-5-8-16(13-18)22(27)24-14-17-7-3-4-11-20(17)28-2/h3-13H,14H2,1-2H3,(H,24,27). The lowest BCUT2D eigenvalue weighted by Crippen LogP contribution is -2.23. The Morgan fingerprint density at radius 3 is 2.82 bits per heavy atom. The van der Waals surface area contributed by atoms with Gasteiger partial charge in [-0.1, -0.05) is 24.3 Å². The zero-order chi connectivity index (χ0) is 19.5. The molecule has 1 amide bonds. The summed E-state index contributed by atoms with van der Waals surface area (Å²) in [4.78, 5) is 21.7. The van der Waals surface area contributed by atoms with E-state index < -0.39 is 0 Å². The molecule has 1 N–H and O–H groups in total. The first kappa shape index (κ1) is 17.7. The van der Waals surface area contributed by atoms with E-state index in [2.05, 4.69) is 15.3 Å². The maximum absolute atomic E-state index is 12.7. The first-order chi connectivity index (χ1) is 13.7. The number of rotatable bonds is 5. The third-order valence-corrected chi connectivity index (χ3v) is 4.58. The average Bonchev–Trinajstić information content (AvgIpc) is 3.08. The van der Waals surface area contributed by atoms with Crippen molar-refractivity contribution in [2.24, 2.45) is 0 Å². The fraction of sp³-hybridized carbons (Fsp3) is 0.136. The van der Waals surface area contributed by atoms with E-state index in [1.807, 2.05) is 66.1 Å². The summed E-state index contributed by atoms with van der Waals surface area (Å²) in [5.74, 6) is 1.42. The summed E-state index contributed by atoms with van der Waals surface area (Å²) in [5, 5.41) is 2.95. The van der Waals surface area contributed by atoms with Gasteiger partial charge in [-0.25, -0.2) is 9.97 Å². The summed E-state index contributed by atoms with van der Waals surface area (Å²) in [6.07, 6.45) is 1.74. The van der Waals surface area contributed by atoms with Crippen molar-refractivity contribution in [1.29, 1.82) is 0 Å². The van der Waals surface area contributed by atoms with Gasteiger partial charge < -0.3 is 10.1 Å². The normalized spacial score (nSPS) is 10.8. The number of nitrogens with one attached hydrogen (secondary N) is 1. The second-order valence-corrected chi connectivity index (χ2v) is 6.39. The number of aromatic nitrogens is 3. The van der Waals surface area contributed by atoms with Crippen LogP contribution in [0.1, 0.15) is 21.7 Å². The summed E-state index contributed by atoms with van der Waals surface area (Å²) < 4.78 is 7.29. The van der Waals surface area contributed by atoms with Crippen LogP contribution in [0.15, 0.2) is 66.9 Å². The number of ether oxygens (including phenoxy) is 1. The van der Waals surface area contributed by atoms with E-state index in [0.717, 1.165) is 34.0 Å². The number of hydrogen-bond acceptors (Lipinski definition) is 4. The molecular weight excluding hydrogens is 352 g/mol. The highest BCUT2D eigenvalue weighted by atomic mass is 16.5. The van der Waals surface area contributed by atoms with Gasteiger partial charge in [-0.2, -0.15) is 0 Å². The van der Waals surface area contributed by atoms with Crippen LogP contribution in [0.25, 0.3) is 16.9 Å². The van der Waals surface area contributed by atoms with Gasteiger partial charge in [0.05, 0.1) is 7.11 Å². The Bertz CT molecular complexity index is 1150. The SMILES string of the molecule is COc1ccccc1CNC(=O)c1cccc(-n2c(C)nc3cccnc32)c1. The maximum atomic E-state index is 12.7. The number of methoxy groups -OCH3 is 1. The molecule has 0 aliphatic rings. The summed E-state index contributed by atoms with van der Waals surface area (Å²) in [6, 6.07) is 18.9. The molecule has 4 rings (SSSR count). The lowest BCUT2D eigenvalue weighted by Gasteiger charge is -2.11. The van der Waals surface area contributed by atoms with Gasteiger partial charge in [-0.15, -0.1) is 0 Å². The van der Waals surface area contributed by atoms with Crippen LogP contribution in [0.2, 0.25) is 0 Å². The lowest BCUT2D eigenvalue weighted by molar-refractivity contribution is 0.0950. The van der Waals surface area contributed by atoms with Crippen LogP contribution in [-0.2, 0) is 6.54 Å². The molecule has 2 aromatic carbocycles. The minimum Gasteiger partial charge on any atom is -0.496 e. The zero-order valence-electron chi connectivity index (χ0n) is 15.7. The molecule has 6 nitrogen and oxygen atoms in total. The average molecular weight is 372 g/mol. The van der Waals surface area contributed by atoms with Crippen molar-refractivity contribution in [3.05, 3.63) is 83.8 Å². The molecule has 2 aromatic heterocycles. The number of benzene rings is 2. The van der Waals surface area contributed by atoms with Crippen molar-refractivity contribution in [1.82, 2.24) is 19.9 Å². The van der Waals surface area contributed by atoms with Crippen LogP contribution in [-0.4, -0.2) is 27.6 Å². The fourth-order valence-electron chi connectivity index (χ4n) is 3.25. The number of fused-ring (bicyclic) bond motifs is 1. The van der Waals surface area contributed by atoms with Gasteiger partial charge in [0.25, 0.3) is 5.91 Å². The smallest absolute Gasteiger partial charge is 0.251 e. The van der Waals surface area contributed by atoms with E-state index >= 15 is 0 Å². The molecule has 140 valence electrons. The Kier molecular flexibility index (Phi) is 4.76. The third-order valence-electron chi connectivity index (χ3n) is 4.58. The molecule has 4 aromatic rings. The van der Waals surface area contributed by atoms with Crippen molar-refractivity contribution in [3.63, 3.8) is 0 Å². The first-order valence-corrected chi connectivity index (χ1v) is 8.98. The van der Waals surface area contributed by atoms with E-state index in [4.69, 9.17) is 4.74 Å². The number of para-hydroxylation sites is 1. The second-order valence-electron chi connectivity index (χ2n) is 6.39. The van der Waals surface area contributed by atoms with Gasteiger partial charge in [0.1, 0.15) is 17.1 Å². The van der Waals surface area contributed by atoms with E-state index in [0.29, 0.717) is 12.1 Å². The van der Waals surface area contributed by atoms with Gasteiger partial charge in [-0.3, -0.25) is 9.36 Å². The van der Waals surface area contributed by atoms with Crippen LogP contribution in [0.4, 0.5) is 0 Å². The van der Waals surface area contributed by atoms with E-state index in [1.54, 1.807) is 19.4 Å². The maximum Gasteiger partial charge on any atom is 0.251 e. The number of nitrogens with zero attached hydrogens (tertiary/aromatic N) is 3. The number of amides is 1. The third kappa shape index (κ3) is 3.32.